The van der Waals surface area contributed by atoms with Gasteiger partial charge in [-0.05, 0) is 50.4 Å². The zero-order chi connectivity index (χ0) is 24.5. The maximum atomic E-state index is 13.4. The van der Waals surface area contributed by atoms with Gasteiger partial charge in [-0.3, -0.25) is 14.4 Å². The van der Waals surface area contributed by atoms with Gasteiger partial charge in [-0.1, -0.05) is 29.8 Å². The van der Waals surface area contributed by atoms with Gasteiger partial charge in [0.15, 0.2) is 6.29 Å². The van der Waals surface area contributed by atoms with E-state index >= 15 is 0 Å². The Labute approximate surface area is 196 Å². The fourth-order valence-electron chi connectivity index (χ4n) is 2.77. The van der Waals surface area contributed by atoms with Crippen LogP contribution in [0.25, 0.3) is 16.9 Å². The number of benzene rings is 2. The van der Waals surface area contributed by atoms with Crippen molar-refractivity contribution < 1.29 is 14.0 Å². The van der Waals surface area contributed by atoms with Crippen LogP contribution in [0, 0.1) is 5.82 Å². The van der Waals surface area contributed by atoms with Crippen molar-refractivity contribution in [3.63, 3.8) is 0 Å². The molecule has 0 spiro atoms. The number of rotatable bonds is 6. The lowest BCUT2D eigenvalue weighted by Crippen LogP contribution is -2.37. The lowest BCUT2D eigenvalue weighted by Gasteiger charge is -2.19. The molecule has 1 N–H and O–H groups in total. The van der Waals surface area contributed by atoms with Gasteiger partial charge >= 0.3 is 0 Å². The minimum Gasteiger partial charge on any atom is -0.344 e. The fourth-order valence-corrected chi connectivity index (χ4v) is 2.90. The molecule has 1 amide bonds. The molecule has 0 saturated carbocycles. The van der Waals surface area contributed by atoms with Crippen LogP contribution in [0.1, 0.15) is 24.2 Å². The van der Waals surface area contributed by atoms with E-state index in [1.807, 2.05) is 14.0 Å². The molecule has 7 nitrogen and oxygen atoms in total. The van der Waals surface area contributed by atoms with Crippen LogP contribution >= 0.6 is 11.6 Å². The summed E-state index contributed by atoms with van der Waals surface area (Å²) in [6.07, 6.45) is 0.458. The maximum absolute atomic E-state index is 13.4. The van der Waals surface area contributed by atoms with E-state index in [2.05, 4.69) is 10.4 Å². The lowest BCUT2D eigenvalue weighted by atomic mass is 10.1. The molecule has 0 aliphatic heterocycles. The van der Waals surface area contributed by atoms with Crippen LogP contribution in [0.15, 0.2) is 59.4 Å². The van der Waals surface area contributed by atoms with Crippen molar-refractivity contribution in [2.75, 3.05) is 20.6 Å². The van der Waals surface area contributed by atoms with Gasteiger partial charge in [-0.2, -0.15) is 9.78 Å². The Morgan fingerprint density at radius 3 is 2.45 bits per heavy atom. The largest absolute Gasteiger partial charge is 0.344 e. The normalized spacial score (nSPS) is 11.2. The van der Waals surface area contributed by atoms with Gasteiger partial charge in [0.25, 0.3) is 5.56 Å². The number of likely N-dealkylation sites (N-methyl/N-ethyl adjacent to an activating group) is 2. The molecule has 1 unspecified atom stereocenters. The number of carbonyl (C=O) groups excluding carboxylic acids is 2. The summed E-state index contributed by atoms with van der Waals surface area (Å²) in [5.41, 5.74) is 0.668. The van der Waals surface area contributed by atoms with Crippen LogP contribution in [0.4, 0.5) is 4.39 Å². The third-order valence-electron chi connectivity index (χ3n) is 4.84. The van der Waals surface area contributed by atoms with Gasteiger partial charge < -0.3 is 10.2 Å². The molecule has 3 rings (SSSR count). The molecule has 0 aliphatic carbocycles. The van der Waals surface area contributed by atoms with Gasteiger partial charge in [0.1, 0.15) is 5.82 Å². The summed E-state index contributed by atoms with van der Waals surface area (Å²) in [7, 11) is 3.69. The van der Waals surface area contributed by atoms with Crippen molar-refractivity contribution >= 4 is 23.8 Å². The summed E-state index contributed by atoms with van der Waals surface area (Å²) in [6.45, 7) is 4.38. The highest BCUT2D eigenvalue weighted by atomic mass is 35.5. The number of nitrogens with zero attached hydrogens (tertiary/aromatic N) is 3. The summed E-state index contributed by atoms with van der Waals surface area (Å²) in [5.74, 6) is -0.386. The van der Waals surface area contributed by atoms with E-state index in [0.717, 1.165) is 11.2 Å². The Morgan fingerprint density at radius 1 is 1.24 bits per heavy atom. The second-order valence-corrected chi connectivity index (χ2v) is 7.83. The molecular formula is C24H26ClFN4O3. The first-order valence-electron chi connectivity index (χ1n) is 10.2. The summed E-state index contributed by atoms with van der Waals surface area (Å²) >= 11 is 5.85. The van der Waals surface area contributed by atoms with Crippen molar-refractivity contribution in [3.8, 4) is 16.9 Å². The van der Waals surface area contributed by atoms with Crippen molar-refractivity contribution in [1.29, 1.82) is 0 Å². The number of hydrogen-bond acceptors (Lipinski definition) is 5. The number of halogens is 2. The second kappa shape index (κ2) is 12.0. The second-order valence-electron chi connectivity index (χ2n) is 7.40. The van der Waals surface area contributed by atoms with Crippen molar-refractivity contribution in [2.24, 2.45) is 0 Å². The van der Waals surface area contributed by atoms with E-state index < -0.39 is 11.4 Å². The van der Waals surface area contributed by atoms with Gasteiger partial charge in [0, 0.05) is 37.1 Å². The average molecular weight is 473 g/mol. The molecule has 33 heavy (non-hydrogen) atoms. The molecular weight excluding hydrogens is 447 g/mol. The molecule has 0 radical (unpaired) electrons. The van der Waals surface area contributed by atoms with Gasteiger partial charge in [-0.25, -0.2) is 4.39 Å². The standard InChI is InChI=1S/C17H10ClFN2O2.C7H16N2O/c18-13-6-4-11(5-7-13)16-8-12(10-22)17(23)21(20-16)15-3-1-2-14(19)9-15;1-6(8-3)5-9(4)7(2)10/h1-10H;6,8H,5H2,1-4H3. The van der Waals surface area contributed by atoms with Crippen molar-refractivity contribution in [3.05, 3.63) is 81.4 Å². The SMILES string of the molecule is CNC(C)CN(C)C(C)=O.O=Cc1cc(-c2ccc(Cl)cc2)nn(-c2cccc(F)c2)c1=O. The molecule has 1 heterocycles. The number of carbonyl (C=O) groups is 2. The molecule has 1 atom stereocenters. The number of amides is 1. The Hall–Kier alpha value is -3.36. The molecule has 174 valence electrons. The van der Waals surface area contributed by atoms with Crippen LogP contribution in [-0.4, -0.2) is 53.6 Å². The molecule has 2 aromatic carbocycles. The van der Waals surface area contributed by atoms with E-state index in [1.165, 1.54) is 30.3 Å². The zero-order valence-corrected chi connectivity index (χ0v) is 19.6. The summed E-state index contributed by atoms with van der Waals surface area (Å²) in [6, 6.07) is 14.0. The molecule has 3 aromatic rings. The number of aromatic nitrogens is 2. The van der Waals surface area contributed by atoms with Gasteiger partial charge in [0.05, 0.1) is 16.9 Å². The van der Waals surface area contributed by atoms with E-state index in [0.29, 0.717) is 28.6 Å². The summed E-state index contributed by atoms with van der Waals surface area (Å²) in [5, 5.41) is 7.84. The smallest absolute Gasteiger partial charge is 0.282 e. The molecule has 9 heteroatoms. The van der Waals surface area contributed by atoms with Crippen LogP contribution < -0.4 is 10.9 Å². The van der Waals surface area contributed by atoms with Crippen LogP contribution in [0.5, 0.6) is 0 Å². The predicted octanol–water partition coefficient (Wildman–Crippen LogP) is 3.58. The van der Waals surface area contributed by atoms with Crippen LogP contribution in [-0.2, 0) is 4.79 Å². The molecule has 0 aliphatic rings. The molecule has 0 fully saturated rings. The van der Waals surface area contributed by atoms with E-state index in [9.17, 15) is 18.8 Å². The van der Waals surface area contributed by atoms with Crippen LogP contribution in [0.3, 0.4) is 0 Å². The maximum Gasteiger partial charge on any atom is 0.282 e. The van der Waals surface area contributed by atoms with E-state index in [1.54, 1.807) is 43.1 Å². The number of hydrogen-bond donors (Lipinski definition) is 1. The zero-order valence-electron chi connectivity index (χ0n) is 18.9. The first kappa shape index (κ1) is 25.9. The Morgan fingerprint density at radius 2 is 1.91 bits per heavy atom. The molecule has 1 aromatic heterocycles. The number of aldehydes is 1. The summed E-state index contributed by atoms with van der Waals surface area (Å²) in [4.78, 5) is 35.8. The monoisotopic (exact) mass is 472 g/mol. The number of nitrogens with one attached hydrogen (secondary N) is 1. The highest BCUT2D eigenvalue weighted by Crippen LogP contribution is 2.20. The Balaban J connectivity index is 0.000000328. The minimum absolute atomic E-state index is 0.0609. The van der Waals surface area contributed by atoms with E-state index in [-0.39, 0.29) is 17.2 Å². The van der Waals surface area contributed by atoms with Gasteiger partial charge in [-0.15, -0.1) is 0 Å². The van der Waals surface area contributed by atoms with E-state index in [4.69, 9.17) is 11.6 Å². The van der Waals surface area contributed by atoms with Gasteiger partial charge in [0.2, 0.25) is 5.91 Å². The molecule has 0 saturated heterocycles. The third kappa shape index (κ3) is 7.34. The average Bonchev–Trinajstić information content (AvgIpc) is 2.80. The van der Waals surface area contributed by atoms with Crippen molar-refractivity contribution in [1.82, 2.24) is 20.0 Å². The highest BCUT2D eigenvalue weighted by molar-refractivity contribution is 6.30. The first-order chi connectivity index (χ1) is 15.7. The summed E-state index contributed by atoms with van der Waals surface area (Å²) < 4.78 is 14.4. The van der Waals surface area contributed by atoms with Crippen LogP contribution in [0.2, 0.25) is 5.02 Å². The minimum atomic E-state index is -0.608. The Bertz CT molecular complexity index is 1170. The fraction of sp³-hybridized carbons (Fsp3) is 0.250. The predicted molar refractivity (Wildman–Crippen MR) is 127 cm³/mol. The first-order valence-corrected chi connectivity index (χ1v) is 10.5. The third-order valence-corrected chi connectivity index (χ3v) is 5.09. The van der Waals surface area contributed by atoms with Crippen molar-refractivity contribution in [2.45, 2.75) is 19.9 Å². The Kier molecular flexibility index (Phi) is 9.44. The highest BCUT2D eigenvalue weighted by Gasteiger charge is 2.11. The lowest BCUT2D eigenvalue weighted by molar-refractivity contribution is -0.127. The molecule has 0 bridgehead atoms. The quantitative estimate of drug-likeness (QED) is 0.554. The topological polar surface area (TPSA) is 84.3 Å².